The fourth-order valence-corrected chi connectivity index (χ4v) is 2.57. The number of benzene rings is 1. The molecule has 0 aliphatic carbocycles. The molecule has 2 amide bonds. The third-order valence-electron chi connectivity index (χ3n) is 3.98. The molecule has 1 aromatic rings. The van der Waals surface area contributed by atoms with E-state index in [0.29, 0.717) is 6.54 Å². The van der Waals surface area contributed by atoms with Crippen LogP contribution in [0.1, 0.15) is 6.92 Å². The van der Waals surface area contributed by atoms with E-state index in [1.807, 2.05) is 0 Å². The molecule has 2 rings (SSSR count). The zero-order chi connectivity index (χ0) is 16.8. The molecule has 1 aliphatic rings. The molecule has 7 heteroatoms. The van der Waals surface area contributed by atoms with Gasteiger partial charge < -0.3 is 20.4 Å². The number of likely N-dealkylation sites (N-methyl/N-ethyl adjacent to an activating group) is 1. The predicted molar refractivity (Wildman–Crippen MR) is 86.5 cm³/mol. The Balaban J connectivity index is 1.72. The van der Waals surface area contributed by atoms with Gasteiger partial charge in [-0.1, -0.05) is 13.0 Å². The zero-order valence-corrected chi connectivity index (χ0v) is 13.6. The van der Waals surface area contributed by atoms with Gasteiger partial charge in [-0.15, -0.1) is 0 Å². The Morgan fingerprint density at radius 3 is 2.65 bits per heavy atom. The van der Waals surface area contributed by atoms with Gasteiger partial charge in [0.25, 0.3) is 0 Å². The Morgan fingerprint density at radius 2 is 1.96 bits per heavy atom. The van der Waals surface area contributed by atoms with E-state index in [1.54, 1.807) is 0 Å². The molecule has 0 spiro atoms. The number of hydrogen-bond donors (Lipinski definition) is 2. The number of carbonyl (C=O) groups is 1. The van der Waals surface area contributed by atoms with E-state index >= 15 is 0 Å². The monoisotopic (exact) mass is 326 g/mol. The largest absolute Gasteiger partial charge is 0.338 e. The van der Waals surface area contributed by atoms with Gasteiger partial charge in [-0.25, -0.2) is 13.6 Å². The second-order valence-corrected chi connectivity index (χ2v) is 6.15. The third-order valence-corrected chi connectivity index (χ3v) is 3.98. The number of hydrogen-bond acceptors (Lipinski definition) is 3. The number of anilines is 1. The molecule has 1 fully saturated rings. The smallest absolute Gasteiger partial charge is 0.319 e. The van der Waals surface area contributed by atoms with Crippen molar-refractivity contribution in [2.24, 2.45) is 5.92 Å². The molecule has 0 radical (unpaired) electrons. The topological polar surface area (TPSA) is 47.6 Å². The number of nitrogens with zero attached hydrogens (tertiary/aromatic N) is 2. The summed E-state index contributed by atoms with van der Waals surface area (Å²) < 4.78 is 26.5. The average molecular weight is 326 g/mol. The molecule has 128 valence electrons. The minimum Gasteiger partial charge on any atom is -0.338 e. The average Bonchev–Trinajstić information content (AvgIpc) is 2.52. The maximum absolute atomic E-state index is 13.5. The molecule has 5 nitrogen and oxygen atoms in total. The van der Waals surface area contributed by atoms with Gasteiger partial charge >= 0.3 is 6.03 Å². The standard InChI is InChI=1S/C16H24F2N4O/c1-12(11-22-8-6-21(2)7-9-22)10-19-16(23)20-14-5-3-4-13(17)15(14)18/h3-5,12H,6-11H2,1-2H3,(H2,19,20,23)/t12-/m1/s1. The molecule has 0 aromatic heterocycles. The molecule has 1 saturated heterocycles. The second kappa shape index (κ2) is 8.21. The van der Waals surface area contributed by atoms with Crippen LogP contribution in [0, 0.1) is 17.6 Å². The van der Waals surface area contributed by atoms with E-state index in [0.717, 1.165) is 38.8 Å². The first-order chi connectivity index (χ1) is 11.0. The lowest BCUT2D eigenvalue weighted by Gasteiger charge is -2.33. The lowest BCUT2D eigenvalue weighted by Crippen LogP contribution is -2.47. The van der Waals surface area contributed by atoms with Gasteiger partial charge in [0.1, 0.15) is 0 Å². The van der Waals surface area contributed by atoms with E-state index in [2.05, 4.69) is 34.4 Å². The summed E-state index contributed by atoms with van der Waals surface area (Å²) in [5.41, 5.74) is -0.158. The van der Waals surface area contributed by atoms with Crippen LogP contribution in [0.2, 0.25) is 0 Å². The van der Waals surface area contributed by atoms with Crippen LogP contribution >= 0.6 is 0 Å². The first-order valence-electron chi connectivity index (χ1n) is 7.85. The van der Waals surface area contributed by atoms with Gasteiger partial charge in [0.15, 0.2) is 11.6 Å². The summed E-state index contributed by atoms with van der Waals surface area (Å²) in [6.45, 7) is 7.61. The van der Waals surface area contributed by atoms with Crippen molar-refractivity contribution in [2.45, 2.75) is 6.92 Å². The fourth-order valence-electron chi connectivity index (χ4n) is 2.57. The van der Waals surface area contributed by atoms with Gasteiger partial charge in [-0.3, -0.25) is 0 Å². The second-order valence-electron chi connectivity index (χ2n) is 6.15. The highest BCUT2D eigenvalue weighted by Crippen LogP contribution is 2.16. The van der Waals surface area contributed by atoms with Gasteiger partial charge in [0.2, 0.25) is 0 Å². The maximum atomic E-state index is 13.5. The predicted octanol–water partition coefficient (Wildman–Crippen LogP) is 1.97. The molecular formula is C16H24F2N4O. The van der Waals surface area contributed by atoms with Crippen LogP contribution in [0.5, 0.6) is 0 Å². The fraction of sp³-hybridized carbons (Fsp3) is 0.562. The quantitative estimate of drug-likeness (QED) is 0.870. The van der Waals surface area contributed by atoms with Crippen LogP contribution in [0.3, 0.4) is 0 Å². The van der Waals surface area contributed by atoms with Gasteiger partial charge in [-0.2, -0.15) is 0 Å². The molecule has 0 saturated carbocycles. The Morgan fingerprint density at radius 1 is 1.26 bits per heavy atom. The normalized spacial score (nSPS) is 17.7. The van der Waals surface area contributed by atoms with E-state index < -0.39 is 17.7 Å². The van der Waals surface area contributed by atoms with Crippen molar-refractivity contribution in [1.82, 2.24) is 15.1 Å². The van der Waals surface area contributed by atoms with E-state index in [9.17, 15) is 13.6 Å². The molecule has 0 bridgehead atoms. The van der Waals surface area contributed by atoms with Gasteiger partial charge in [-0.05, 0) is 25.1 Å². The molecule has 1 aromatic carbocycles. The number of piperazine rings is 1. The highest BCUT2D eigenvalue weighted by Gasteiger charge is 2.17. The van der Waals surface area contributed by atoms with Crippen molar-refractivity contribution >= 4 is 11.7 Å². The van der Waals surface area contributed by atoms with Crippen molar-refractivity contribution in [3.05, 3.63) is 29.8 Å². The zero-order valence-electron chi connectivity index (χ0n) is 13.6. The van der Waals surface area contributed by atoms with E-state index in [-0.39, 0.29) is 11.6 Å². The van der Waals surface area contributed by atoms with Crippen LogP contribution in [-0.2, 0) is 0 Å². The Bertz CT molecular complexity index is 533. The van der Waals surface area contributed by atoms with Crippen molar-refractivity contribution in [3.63, 3.8) is 0 Å². The van der Waals surface area contributed by atoms with Crippen LogP contribution in [0.15, 0.2) is 18.2 Å². The number of halogens is 2. The van der Waals surface area contributed by atoms with Crippen LogP contribution < -0.4 is 10.6 Å². The molecule has 1 heterocycles. The summed E-state index contributed by atoms with van der Waals surface area (Å²) in [5.74, 6) is -1.75. The van der Waals surface area contributed by atoms with Crippen LogP contribution in [-0.4, -0.2) is 62.1 Å². The van der Waals surface area contributed by atoms with Crippen LogP contribution in [0.4, 0.5) is 19.3 Å². The molecular weight excluding hydrogens is 302 g/mol. The Hall–Kier alpha value is -1.73. The number of amides is 2. The van der Waals surface area contributed by atoms with Crippen molar-refractivity contribution in [1.29, 1.82) is 0 Å². The number of urea groups is 1. The highest BCUT2D eigenvalue weighted by atomic mass is 19.2. The first-order valence-corrected chi connectivity index (χ1v) is 7.85. The van der Waals surface area contributed by atoms with E-state index in [4.69, 9.17) is 0 Å². The molecule has 23 heavy (non-hydrogen) atoms. The van der Waals surface area contributed by atoms with Gasteiger partial charge in [0, 0.05) is 39.3 Å². The highest BCUT2D eigenvalue weighted by molar-refractivity contribution is 5.89. The summed E-state index contributed by atoms with van der Waals surface area (Å²) in [6.07, 6.45) is 0. The van der Waals surface area contributed by atoms with Crippen molar-refractivity contribution < 1.29 is 13.6 Å². The van der Waals surface area contributed by atoms with Crippen molar-refractivity contribution in [2.75, 3.05) is 51.6 Å². The number of carbonyl (C=O) groups excluding carboxylic acids is 1. The third kappa shape index (κ3) is 5.44. The maximum Gasteiger partial charge on any atom is 0.319 e. The molecule has 1 aliphatic heterocycles. The summed E-state index contributed by atoms with van der Waals surface area (Å²) >= 11 is 0. The van der Waals surface area contributed by atoms with E-state index in [1.165, 1.54) is 12.1 Å². The molecule has 0 unspecified atom stereocenters. The van der Waals surface area contributed by atoms with Crippen LogP contribution in [0.25, 0.3) is 0 Å². The SMILES string of the molecule is C[C@H](CNC(=O)Nc1cccc(F)c1F)CN1CCN(C)CC1. The molecule has 1 atom stereocenters. The first kappa shape index (κ1) is 17.6. The summed E-state index contributed by atoms with van der Waals surface area (Å²) in [5, 5.41) is 5.03. The summed E-state index contributed by atoms with van der Waals surface area (Å²) in [4.78, 5) is 16.4. The lowest BCUT2D eigenvalue weighted by atomic mass is 10.1. The Kier molecular flexibility index (Phi) is 6.29. The number of rotatable bonds is 5. The van der Waals surface area contributed by atoms with Gasteiger partial charge in [0.05, 0.1) is 5.69 Å². The molecule has 2 N–H and O–H groups in total. The summed E-state index contributed by atoms with van der Waals surface area (Å²) in [7, 11) is 2.11. The minimum absolute atomic E-state index is 0.158. The minimum atomic E-state index is -1.05. The Labute approximate surface area is 135 Å². The number of nitrogens with one attached hydrogen (secondary N) is 2. The lowest BCUT2D eigenvalue weighted by molar-refractivity contribution is 0.138. The summed E-state index contributed by atoms with van der Waals surface area (Å²) in [6, 6.07) is 3.16. The van der Waals surface area contributed by atoms with Crippen molar-refractivity contribution in [3.8, 4) is 0 Å².